The van der Waals surface area contributed by atoms with Gasteiger partial charge in [0, 0.05) is 16.7 Å². The van der Waals surface area contributed by atoms with Crippen molar-refractivity contribution in [1.29, 1.82) is 0 Å². The van der Waals surface area contributed by atoms with Crippen molar-refractivity contribution in [2.24, 2.45) is 0 Å². The zero-order valence-corrected chi connectivity index (χ0v) is 15.2. The summed E-state index contributed by atoms with van der Waals surface area (Å²) in [7, 11) is 1.52. The van der Waals surface area contributed by atoms with E-state index in [0.29, 0.717) is 11.3 Å². The van der Waals surface area contributed by atoms with Gasteiger partial charge in [-0.25, -0.2) is 8.78 Å². The number of ether oxygens (including phenoxy) is 1. The van der Waals surface area contributed by atoms with E-state index in [0.717, 1.165) is 17.5 Å². The number of rotatable bonds is 5. The standard InChI is InChI=1S/C23H22F2O/c1-4-15(2)16-9-5-6-10-17(16)19-13-22(25)20(14-21(19)24)18-11-7-8-12-23(18)26-3/h5-15H,4H2,1-3H3. The number of methoxy groups -OCH3 is 1. The van der Waals surface area contributed by atoms with Crippen molar-refractivity contribution in [2.45, 2.75) is 26.2 Å². The maximum Gasteiger partial charge on any atom is 0.131 e. The van der Waals surface area contributed by atoms with Gasteiger partial charge in [-0.3, -0.25) is 0 Å². The first kappa shape index (κ1) is 18.1. The van der Waals surface area contributed by atoms with Gasteiger partial charge in [-0.15, -0.1) is 0 Å². The fourth-order valence-electron chi connectivity index (χ4n) is 3.22. The molecule has 1 unspecified atom stereocenters. The normalized spacial score (nSPS) is 12.0. The summed E-state index contributed by atoms with van der Waals surface area (Å²) < 4.78 is 35.2. The quantitative estimate of drug-likeness (QED) is 0.489. The molecule has 0 N–H and O–H groups in total. The van der Waals surface area contributed by atoms with Crippen LogP contribution in [0.25, 0.3) is 22.3 Å². The molecule has 0 saturated heterocycles. The first-order valence-electron chi connectivity index (χ1n) is 8.78. The maximum atomic E-state index is 15.0. The second-order valence-electron chi connectivity index (χ2n) is 6.41. The highest BCUT2D eigenvalue weighted by molar-refractivity contribution is 5.76. The van der Waals surface area contributed by atoms with Gasteiger partial charge in [0.05, 0.1) is 7.11 Å². The summed E-state index contributed by atoms with van der Waals surface area (Å²) in [4.78, 5) is 0. The van der Waals surface area contributed by atoms with Crippen LogP contribution < -0.4 is 4.74 Å². The van der Waals surface area contributed by atoms with Gasteiger partial charge < -0.3 is 4.74 Å². The van der Waals surface area contributed by atoms with Gasteiger partial charge in [0.2, 0.25) is 0 Å². The highest BCUT2D eigenvalue weighted by atomic mass is 19.1. The smallest absolute Gasteiger partial charge is 0.131 e. The Morgan fingerprint density at radius 1 is 0.808 bits per heavy atom. The van der Waals surface area contributed by atoms with Crippen LogP contribution in [0.1, 0.15) is 31.7 Å². The lowest BCUT2D eigenvalue weighted by Gasteiger charge is -2.17. The van der Waals surface area contributed by atoms with Crippen molar-refractivity contribution in [2.75, 3.05) is 7.11 Å². The summed E-state index contributed by atoms with van der Waals surface area (Å²) in [5.41, 5.74) is 2.79. The molecular weight excluding hydrogens is 330 g/mol. The summed E-state index contributed by atoms with van der Waals surface area (Å²) >= 11 is 0. The van der Waals surface area contributed by atoms with E-state index in [9.17, 15) is 8.78 Å². The molecule has 3 aromatic rings. The van der Waals surface area contributed by atoms with Crippen LogP contribution in [0.5, 0.6) is 5.75 Å². The van der Waals surface area contributed by atoms with Crippen molar-refractivity contribution in [3.63, 3.8) is 0 Å². The van der Waals surface area contributed by atoms with E-state index in [-0.39, 0.29) is 17.0 Å². The van der Waals surface area contributed by atoms with Crippen molar-refractivity contribution < 1.29 is 13.5 Å². The Kier molecular flexibility index (Phi) is 5.36. The van der Waals surface area contributed by atoms with E-state index in [1.165, 1.54) is 19.2 Å². The number of hydrogen-bond donors (Lipinski definition) is 0. The third-order valence-corrected chi connectivity index (χ3v) is 4.85. The van der Waals surface area contributed by atoms with Crippen LogP contribution in [-0.4, -0.2) is 7.11 Å². The van der Waals surface area contributed by atoms with Crippen LogP contribution in [0.2, 0.25) is 0 Å². The zero-order valence-electron chi connectivity index (χ0n) is 15.2. The van der Waals surface area contributed by atoms with Crippen molar-refractivity contribution in [3.05, 3.63) is 77.9 Å². The molecule has 0 aliphatic heterocycles. The molecule has 0 spiro atoms. The van der Waals surface area contributed by atoms with E-state index in [2.05, 4.69) is 13.8 Å². The minimum atomic E-state index is -0.468. The van der Waals surface area contributed by atoms with Gasteiger partial charge in [0.15, 0.2) is 0 Å². The Morgan fingerprint density at radius 2 is 1.35 bits per heavy atom. The Bertz CT molecular complexity index is 918. The molecule has 0 aliphatic rings. The van der Waals surface area contributed by atoms with Gasteiger partial charge in [0.25, 0.3) is 0 Å². The van der Waals surface area contributed by atoms with Gasteiger partial charge in [-0.05, 0) is 41.7 Å². The van der Waals surface area contributed by atoms with Crippen LogP contribution >= 0.6 is 0 Å². The van der Waals surface area contributed by atoms with Gasteiger partial charge in [-0.2, -0.15) is 0 Å². The number of hydrogen-bond acceptors (Lipinski definition) is 1. The average molecular weight is 352 g/mol. The molecule has 26 heavy (non-hydrogen) atoms. The summed E-state index contributed by atoms with van der Waals surface area (Å²) in [6, 6.07) is 17.2. The SMILES string of the molecule is CCC(C)c1ccccc1-c1cc(F)c(-c2ccccc2OC)cc1F. The Morgan fingerprint density at radius 3 is 1.96 bits per heavy atom. The molecule has 134 valence electrons. The largest absolute Gasteiger partial charge is 0.496 e. The molecule has 3 rings (SSSR count). The average Bonchev–Trinajstić information content (AvgIpc) is 2.68. The van der Waals surface area contributed by atoms with E-state index in [1.54, 1.807) is 24.3 Å². The molecule has 3 heteroatoms. The second-order valence-corrected chi connectivity index (χ2v) is 6.41. The lowest BCUT2D eigenvalue weighted by Crippen LogP contribution is -1.98. The van der Waals surface area contributed by atoms with Crippen molar-refractivity contribution >= 4 is 0 Å². The first-order chi connectivity index (χ1) is 12.6. The van der Waals surface area contributed by atoms with E-state index >= 15 is 0 Å². The molecule has 0 radical (unpaired) electrons. The predicted octanol–water partition coefficient (Wildman–Crippen LogP) is 6.82. The summed E-state index contributed by atoms with van der Waals surface area (Å²) in [6.07, 6.45) is 0.931. The monoisotopic (exact) mass is 352 g/mol. The lowest BCUT2D eigenvalue weighted by atomic mass is 9.89. The molecule has 0 aromatic heterocycles. The topological polar surface area (TPSA) is 9.23 Å². The highest BCUT2D eigenvalue weighted by Gasteiger charge is 2.18. The van der Waals surface area contributed by atoms with Gasteiger partial charge in [-0.1, -0.05) is 56.3 Å². The summed E-state index contributed by atoms with van der Waals surface area (Å²) in [6.45, 7) is 4.18. The second kappa shape index (κ2) is 7.69. The highest BCUT2D eigenvalue weighted by Crippen LogP contribution is 2.37. The third-order valence-electron chi connectivity index (χ3n) is 4.85. The van der Waals surface area contributed by atoms with Gasteiger partial charge in [0.1, 0.15) is 17.4 Å². The first-order valence-corrected chi connectivity index (χ1v) is 8.78. The Balaban J connectivity index is 2.15. The molecule has 1 nitrogen and oxygen atoms in total. The predicted molar refractivity (Wildman–Crippen MR) is 102 cm³/mol. The van der Waals surface area contributed by atoms with E-state index in [1.807, 2.05) is 24.3 Å². The molecule has 0 amide bonds. The van der Waals surface area contributed by atoms with Crippen LogP contribution in [0.15, 0.2) is 60.7 Å². The number of para-hydroxylation sites is 1. The Hall–Kier alpha value is -2.68. The molecule has 0 heterocycles. The molecule has 0 saturated carbocycles. The zero-order chi connectivity index (χ0) is 18.7. The minimum Gasteiger partial charge on any atom is -0.496 e. The summed E-state index contributed by atoms with van der Waals surface area (Å²) in [5.74, 6) is -0.131. The fraction of sp³-hybridized carbons (Fsp3) is 0.217. The molecular formula is C23H22F2O. The van der Waals surface area contributed by atoms with Crippen LogP contribution in [-0.2, 0) is 0 Å². The van der Waals surface area contributed by atoms with Crippen LogP contribution in [0, 0.1) is 11.6 Å². The third kappa shape index (κ3) is 3.34. The number of benzene rings is 3. The molecule has 0 bridgehead atoms. The van der Waals surface area contributed by atoms with Crippen molar-refractivity contribution in [3.8, 4) is 28.0 Å². The molecule has 0 aliphatic carbocycles. The van der Waals surface area contributed by atoms with Gasteiger partial charge >= 0.3 is 0 Å². The maximum absolute atomic E-state index is 15.0. The fourth-order valence-corrected chi connectivity index (χ4v) is 3.22. The lowest BCUT2D eigenvalue weighted by molar-refractivity contribution is 0.416. The van der Waals surface area contributed by atoms with Crippen molar-refractivity contribution in [1.82, 2.24) is 0 Å². The van der Waals surface area contributed by atoms with E-state index in [4.69, 9.17) is 4.74 Å². The molecule has 0 fully saturated rings. The summed E-state index contributed by atoms with van der Waals surface area (Å²) in [5, 5.41) is 0. The van der Waals surface area contributed by atoms with Crippen LogP contribution in [0.4, 0.5) is 8.78 Å². The Labute approximate surface area is 153 Å². The van der Waals surface area contributed by atoms with Crippen LogP contribution in [0.3, 0.4) is 0 Å². The molecule has 1 atom stereocenters. The van der Waals surface area contributed by atoms with E-state index < -0.39 is 11.6 Å². The minimum absolute atomic E-state index is 0.199. The number of halogens is 2. The molecule has 3 aromatic carbocycles.